The second kappa shape index (κ2) is 5.23. The summed E-state index contributed by atoms with van der Waals surface area (Å²) in [6.07, 6.45) is -0.926. The van der Waals surface area contributed by atoms with Gasteiger partial charge in [0, 0.05) is 0 Å². The minimum atomic E-state index is -1.87. The lowest BCUT2D eigenvalue weighted by Crippen LogP contribution is -2.26. The molecule has 0 amide bonds. The van der Waals surface area contributed by atoms with Gasteiger partial charge in [-0.05, 0) is 13.8 Å². The maximum atomic E-state index is 10.8. The molecule has 0 aliphatic rings. The Hall–Kier alpha value is -0.460. The van der Waals surface area contributed by atoms with Gasteiger partial charge in [0.1, 0.15) is 0 Å². The van der Waals surface area contributed by atoms with Crippen molar-refractivity contribution in [3.63, 3.8) is 0 Å². The van der Waals surface area contributed by atoms with E-state index >= 15 is 0 Å². The molecule has 6 heteroatoms. The molecule has 72 valence electrons. The van der Waals surface area contributed by atoms with Gasteiger partial charge in [-0.3, -0.25) is 4.18 Å². The minimum absolute atomic E-state index is 0.621. The number of aliphatic hydroxyl groups excluding tert-OH is 1. The number of carbonyl (C=O) groups excluding carboxylic acids is 1. The molecule has 0 saturated heterocycles. The molecule has 0 heterocycles. The van der Waals surface area contributed by atoms with Gasteiger partial charge in [0.2, 0.25) is 0 Å². The minimum Gasteiger partial charge on any atom is -0.467 e. The highest BCUT2D eigenvalue weighted by Gasteiger charge is 2.19. The molecule has 5 nitrogen and oxygen atoms in total. The van der Waals surface area contributed by atoms with Crippen LogP contribution >= 0.6 is 0 Å². The van der Waals surface area contributed by atoms with Crippen LogP contribution in [0.2, 0.25) is 0 Å². The van der Waals surface area contributed by atoms with Gasteiger partial charge >= 0.3 is 5.97 Å². The molecule has 0 aromatic rings. The van der Waals surface area contributed by atoms with Gasteiger partial charge < -0.3 is 9.84 Å². The predicted octanol–water partition coefficient (Wildman–Crippen LogP) is -0.434. The van der Waals surface area contributed by atoms with Gasteiger partial charge in [0.25, 0.3) is 0 Å². The topological polar surface area (TPSA) is 72.8 Å². The monoisotopic (exact) mass is 196 g/mol. The Morgan fingerprint density at radius 3 is 2.33 bits per heavy atom. The SMILES string of the molecule is COC(=O)C(C)OS(=O)C(C)O. The molecule has 0 spiro atoms. The molecule has 0 aliphatic heterocycles. The zero-order valence-corrected chi connectivity index (χ0v) is 7.96. The van der Waals surface area contributed by atoms with Crippen molar-refractivity contribution in [2.24, 2.45) is 0 Å². The van der Waals surface area contributed by atoms with Crippen molar-refractivity contribution in [3.05, 3.63) is 0 Å². The van der Waals surface area contributed by atoms with E-state index in [1.807, 2.05) is 0 Å². The van der Waals surface area contributed by atoms with Crippen LogP contribution in [0, 0.1) is 0 Å². The van der Waals surface area contributed by atoms with Crippen LogP contribution in [0.25, 0.3) is 0 Å². The normalized spacial score (nSPS) is 18.0. The van der Waals surface area contributed by atoms with Crippen molar-refractivity contribution >= 4 is 17.0 Å². The highest BCUT2D eigenvalue weighted by Crippen LogP contribution is 2.01. The number of ether oxygens (including phenoxy) is 1. The summed E-state index contributed by atoms with van der Waals surface area (Å²) in [7, 11) is 1.20. The van der Waals surface area contributed by atoms with Gasteiger partial charge in [0.15, 0.2) is 22.6 Å². The summed E-state index contributed by atoms with van der Waals surface area (Å²) in [6, 6.07) is 0. The number of hydrogen-bond donors (Lipinski definition) is 1. The van der Waals surface area contributed by atoms with Crippen LogP contribution in [-0.2, 0) is 24.8 Å². The third-order valence-electron chi connectivity index (χ3n) is 1.05. The first-order valence-electron chi connectivity index (χ1n) is 3.32. The van der Waals surface area contributed by atoms with E-state index in [1.165, 1.54) is 21.0 Å². The highest BCUT2D eigenvalue weighted by molar-refractivity contribution is 7.80. The maximum absolute atomic E-state index is 10.8. The van der Waals surface area contributed by atoms with Crippen molar-refractivity contribution in [1.82, 2.24) is 0 Å². The fourth-order valence-corrected chi connectivity index (χ4v) is 0.952. The van der Waals surface area contributed by atoms with E-state index in [-0.39, 0.29) is 0 Å². The first-order valence-corrected chi connectivity index (χ1v) is 4.46. The Morgan fingerprint density at radius 1 is 1.50 bits per heavy atom. The van der Waals surface area contributed by atoms with E-state index < -0.39 is 28.6 Å². The zero-order chi connectivity index (χ0) is 9.72. The Kier molecular flexibility index (Phi) is 5.03. The Bertz CT molecular complexity index is 179. The van der Waals surface area contributed by atoms with Crippen LogP contribution in [0.15, 0.2) is 0 Å². The molecule has 1 N–H and O–H groups in total. The third-order valence-corrected chi connectivity index (χ3v) is 2.09. The first kappa shape index (κ1) is 11.5. The molecule has 3 atom stereocenters. The van der Waals surface area contributed by atoms with E-state index in [1.54, 1.807) is 0 Å². The standard InChI is InChI=1S/C6H12O5S/c1-4(6(8)10-3)11-12(9)5(2)7/h4-5,7H,1-3H3. The van der Waals surface area contributed by atoms with Crippen LogP contribution < -0.4 is 0 Å². The molecule has 0 saturated carbocycles. The number of rotatable bonds is 4. The third kappa shape index (κ3) is 3.80. The largest absolute Gasteiger partial charge is 0.467 e. The lowest BCUT2D eigenvalue weighted by molar-refractivity contribution is -0.147. The summed E-state index contributed by atoms with van der Waals surface area (Å²) < 4.78 is 19.7. The van der Waals surface area contributed by atoms with Crippen molar-refractivity contribution in [2.45, 2.75) is 25.4 Å². The number of hydrogen-bond acceptors (Lipinski definition) is 5. The van der Waals surface area contributed by atoms with Gasteiger partial charge in [-0.15, -0.1) is 0 Å². The van der Waals surface area contributed by atoms with E-state index in [9.17, 15) is 9.00 Å². The summed E-state index contributed by atoms with van der Waals surface area (Å²) in [5, 5.41) is 8.75. The molecule has 0 fully saturated rings. The Labute approximate surface area is 73.3 Å². The van der Waals surface area contributed by atoms with Crippen molar-refractivity contribution in [1.29, 1.82) is 0 Å². The highest BCUT2D eigenvalue weighted by atomic mass is 32.2. The lowest BCUT2D eigenvalue weighted by Gasteiger charge is -2.10. The number of aliphatic hydroxyl groups is 1. The van der Waals surface area contributed by atoms with Crippen LogP contribution in [0.3, 0.4) is 0 Å². The average molecular weight is 196 g/mol. The molecule has 0 aliphatic carbocycles. The molecular formula is C6H12O5S. The van der Waals surface area contributed by atoms with Gasteiger partial charge in [-0.25, -0.2) is 9.00 Å². The quantitative estimate of drug-likeness (QED) is 0.617. The molecule has 0 aromatic carbocycles. The van der Waals surface area contributed by atoms with Crippen LogP contribution in [0.5, 0.6) is 0 Å². The molecule has 3 unspecified atom stereocenters. The average Bonchev–Trinajstić information content (AvgIpc) is 2.02. The zero-order valence-electron chi connectivity index (χ0n) is 7.14. The van der Waals surface area contributed by atoms with E-state index in [2.05, 4.69) is 8.92 Å². The molecule has 12 heavy (non-hydrogen) atoms. The molecule has 0 bridgehead atoms. The first-order chi connectivity index (χ1) is 5.49. The van der Waals surface area contributed by atoms with E-state index in [4.69, 9.17) is 5.11 Å². The summed E-state index contributed by atoms with van der Waals surface area (Å²) in [4.78, 5) is 10.7. The van der Waals surface area contributed by atoms with Gasteiger partial charge in [0.05, 0.1) is 7.11 Å². The smallest absolute Gasteiger partial charge is 0.336 e. The second-order valence-corrected chi connectivity index (χ2v) is 3.52. The summed E-state index contributed by atoms with van der Waals surface area (Å²) in [5.74, 6) is -0.621. The summed E-state index contributed by atoms with van der Waals surface area (Å²) in [6.45, 7) is 2.70. The van der Waals surface area contributed by atoms with Crippen LogP contribution in [0.4, 0.5) is 0 Å². The summed E-state index contributed by atoms with van der Waals surface area (Å²) in [5.41, 5.74) is -1.11. The Morgan fingerprint density at radius 2 is 2.00 bits per heavy atom. The van der Waals surface area contributed by atoms with Crippen molar-refractivity contribution in [2.75, 3.05) is 7.11 Å². The maximum Gasteiger partial charge on any atom is 0.336 e. The lowest BCUT2D eigenvalue weighted by atomic mass is 10.4. The fourth-order valence-electron chi connectivity index (χ4n) is 0.428. The van der Waals surface area contributed by atoms with Gasteiger partial charge in [-0.1, -0.05) is 0 Å². The molecule has 0 aromatic heterocycles. The van der Waals surface area contributed by atoms with Crippen molar-refractivity contribution < 1.29 is 23.0 Å². The number of carbonyl (C=O) groups is 1. The number of methoxy groups -OCH3 is 1. The van der Waals surface area contributed by atoms with Crippen LogP contribution in [-0.4, -0.2) is 33.9 Å². The van der Waals surface area contributed by atoms with Crippen molar-refractivity contribution in [3.8, 4) is 0 Å². The summed E-state index contributed by atoms with van der Waals surface area (Å²) >= 11 is -1.87. The number of esters is 1. The van der Waals surface area contributed by atoms with E-state index in [0.717, 1.165) is 0 Å². The molecule has 0 radical (unpaired) electrons. The fraction of sp³-hybridized carbons (Fsp3) is 0.833. The van der Waals surface area contributed by atoms with Gasteiger partial charge in [-0.2, -0.15) is 0 Å². The van der Waals surface area contributed by atoms with Crippen LogP contribution in [0.1, 0.15) is 13.8 Å². The second-order valence-electron chi connectivity index (χ2n) is 2.12. The molecular weight excluding hydrogens is 184 g/mol. The Balaban J connectivity index is 3.92. The molecule has 0 rings (SSSR count). The van der Waals surface area contributed by atoms with E-state index in [0.29, 0.717) is 0 Å². The predicted molar refractivity (Wildman–Crippen MR) is 42.4 cm³/mol.